The van der Waals surface area contributed by atoms with Gasteiger partial charge in [-0.1, -0.05) is 120 Å². The van der Waals surface area contributed by atoms with Gasteiger partial charge in [-0.05, 0) is 84.8 Å². The average molecular weight is 671 g/mol. The van der Waals surface area contributed by atoms with Crippen molar-refractivity contribution in [1.82, 2.24) is 0 Å². The summed E-state index contributed by atoms with van der Waals surface area (Å²) in [6, 6.07) is 30.0. The molecule has 0 radical (unpaired) electrons. The molecule has 3 atom stereocenters. The van der Waals surface area contributed by atoms with E-state index in [1.54, 1.807) is 18.2 Å². The fourth-order valence-electron chi connectivity index (χ4n) is 6.96. The minimum atomic E-state index is -2.82. The van der Waals surface area contributed by atoms with E-state index in [4.69, 9.17) is 18.6 Å². The zero-order valence-corrected chi connectivity index (χ0v) is 30.7. The fraction of sp³-hybridized carbons (Fsp3) is 0.463. The van der Waals surface area contributed by atoms with Crippen molar-refractivity contribution in [2.24, 2.45) is 11.8 Å². The van der Waals surface area contributed by atoms with Gasteiger partial charge in [0.05, 0.1) is 18.3 Å². The molecule has 4 rings (SSSR count). The highest BCUT2D eigenvalue weighted by molar-refractivity contribution is 6.99. The Morgan fingerprint density at radius 2 is 1.40 bits per heavy atom. The molecule has 1 aliphatic rings. The van der Waals surface area contributed by atoms with Crippen molar-refractivity contribution < 1.29 is 28.2 Å². The number of ether oxygens (including phenoxy) is 3. The molecule has 3 aromatic rings. The summed E-state index contributed by atoms with van der Waals surface area (Å²) in [6.07, 6.45) is 8.81. The predicted molar refractivity (Wildman–Crippen MR) is 195 cm³/mol. The topological polar surface area (TPSA) is 71.1 Å². The van der Waals surface area contributed by atoms with E-state index in [9.17, 15) is 9.59 Å². The highest BCUT2D eigenvalue weighted by Gasteiger charge is 2.50. The van der Waals surface area contributed by atoms with E-state index in [0.29, 0.717) is 12.2 Å². The molecule has 1 fully saturated rings. The molecule has 0 aliphatic heterocycles. The third-order valence-electron chi connectivity index (χ3n) is 9.57. The Hall–Kier alpha value is -3.52. The van der Waals surface area contributed by atoms with Crippen LogP contribution in [-0.2, 0) is 23.4 Å². The Morgan fingerprint density at radius 1 is 0.854 bits per heavy atom. The molecule has 48 heavy (non-hydrogen) atoms. The van der Waals surface area contributed by atoms with Crippen molar-refractivity contribution in [1.29, 1.82) is 0 Å². The summed E-state index contributed by atoms with van der Waals surface area (Å²) in [5, 5.41) is 2.20. The van der Waals surface area contributed by atoms with E-state index >= 15 is 0 Å². The highest BCUT2D eigenvalue weighted by Crippen LogP contribution is 2.37. The lowest BCUT2D eigenvalue weighted by atomic mass is 9.91. The van der Waals surface area contributed by atoms with Gasteiger partial charge in [-0.2, -0.15) is 0 Å². The van der Waals surface area contributed by atoms with Crippen molar-refractivity contribution in [3.63, 3.8) is 0 Å². The first-order valence-corrected chi connectivity index (χ1v) is 19.3. The van der Waals surface area contributed by atoms with E-state index in [2.05, 4.69) is 83.1 Å². The highest BCUT2D eigenvalue weighted by atomic mass is 28.4. The number of allylic oxidation sites excluding steroid dienone is 1. The monoisotopic (exact) mass is 670 g/mol. The molecule has 258 valence electrons. The van der Waals surface area contributed by atoms with Crippen LogP contribution in [0.4, 0.5) is 0 Å². The van der Waals surface area contributed by atoms with Gasteiger partial charge in [0.25, 0.3) is 8.32 Å². The number of benzene rings is 3. The van der Waals surface area contributed by atoms with Gasteiger partial charge in [-0.15, -0.1) is 0 Å². The summed E-state index contributed by atoms with van der Waals surface area (Å²) in [5.41, 5.74) is 0.149. The number of carbonyl (C=O) groups is 2. The second kappa shape index (κ2) is 17.2. The van der Waals surface area contributed by atoms with Crippen molar-refractivity contribution in [2.75, 3.05) is 13.4 Å². The van der Waals surface area contributed by atoms with Crippen LogP contribution in [0.25, 0.3) is 0 Å². The van der Waals surface area contributed by atoms with Crippen LogP contribution in [0.5, 0.6) is 0 Å². The Labute approximate surface area is 289 Å². The summed E-state index contributed by atoms with van der Waals surface area (Å²) in [6.45, 7) is 13.3. The number of esters is 2. The summed E-state index contributed by atoms with van der Waals surface area (Å²) in [5.74, 6) is -0.338. The molecule has 6 nitrogen and oxygen atoms in total. The molecular weight excluding hydrogens is 617 g/mol. The smallest absolute Gasteiger partial charge is 0.340 e. The van der Waals surface area contributed by atoms with Crippen LogP contribution in [0.3, 0.4) is 0 Å². The lowest BCUT2D eigenvalue weighted by Crippen LogP contribution is -2.67. The molecule has 0 aromatic heterocycles. The van der Waals surface area contributed by atoms with Gasteiger partial charge < -0.3 is 18.6 Å². The Kier molecular flexibility index (Phi) is 13.4. The normalized spacial score (nSPS) is 16.7. The molecule has 0 N–H and O–H groups in total. The van der Waals surface area contributed by atoms with Crippen molar-refractivity contribution in [3.05, 3.63) is 109 Å². The second-order valence-electron chi connectivity index (χ2n) is 14.6. The van der Waals surface area contributed by atoms with Crippen LogP contribution in [0.2, 0.25) is 5.04 Å². The summed E-state index contributed by atoms with van der Waals surface area (Å²) in [7, 11) is -2.82. The number of hydrogen-bond acceptors (Lipinski definition) is 6. The van der Waals surface area contributed by atoms with Gasteiger partial charge in [0.1, 0.15) is 5.60 Å². The first kappa shape index (κ1) is 37.3. The Bertz CT molecular complexity index is 1410. The van der Waals surface area contributed by atoms with Gasteiger partial charge >= 0.3 is 11.9 Å². The number of carbonyl (C=O) groups excluding carboxylic acids is 2. The average Bonchev–Trinajstić information content (AvgIpc) is 3.50. The molecular formula is C41H54O6Si. The van der Waals surface area contributed by atoms with E-state index in [1.165, 1.54) is 10.4 Å². The van der Waals surface area contributed by atoms with Crippen LogP contribution in [-0.4, -0.2) is 45.4 Å². The molecule has 0 amide bonds. The minimum Gasteiger partial charge on any atom is -0.456 e. The number of rotatable bonds is 16. The fourth-order valence-corrected chi connectivity index (χ4v) is 11.5. The lowest BCUT2D eigenvalue weighted by molar-refractivity contribution is -0.151. The predicted octanol–water partition coefficient (Wildman–Crippen LogP) is 8.25. The summed E-state index contributed by atoms with van der Waals surface area (Å²) in [4.78, 5) is 25.2. The second-order valence-corrected chi connectivity index (χ2v) is 18.9. The third kappa shape index (κ3) is 10.0. The molecule has 0 heterocycles. The summed E-state index contributed by atoms with van der Waals surface area (Å²) < 4.78 is 25.0. The maximum atomic E-state index is 12.7. The van der Waals surface area contributed by atoms with E-state index in [1.807, 2.05) is 43.3 Å². The molecule has 7 heteroatoms. The molecule has 0 spiro atoms. The van der Waals surface area contributed by atoms with Crippen molar-refractivity contribution in [3.8, 4) is 0 Å². The maximum Gasteiger partial charge on any atom is 0.340 e. The Morgan fingerprint density at radius 3 is 1.94 bits per heavy atom. The van der Waals surface area contributed by atoms with Gasteiger partial charge in [-0.25, -0.2) is 9.59 Å². The quantitative estimate of drug-likeness (QED) is 0.0662. The van der Waals surface area contributed by atoms with Crippen LogP contribution < -0.4 is 10.4 Å². The maximum absolute atomic E-state index is 12.7. The summed E-state index contributed by atoms with van der Waals surface area (Å²) >= 11 is 0. The van der Waals surface area contributed by atoms with E-state index in [-0.39, 0.29) is 41.3 Å². The Balaban J connectivity index is 1.50. The van der Waals surface area contributed by atoms with Crippen LogP contribution in [0.1, 0.15) is 90.4 Å². The van der Waals surface area contributed by atoms with Crippen LogP contribution in [0, 0.1) is 11.8 Å². The minimum absolute atomic E-state index is 0.0754. The first-order valence-electron chi connectivity index (χ1n) is 17.4. The van der Waals surface area contributed by atoms with E-state index < -0.39 is 14.3 Å². The van der Waals surface area contributed by atoms with Crippen LogP contribution in [0.15, 0.2) is 103 Å². The van der Waals surface area contributed by atoms with Gasteiger partial charge in [0.2, 0.25) is 0 Å². The van der Waals surface area contributed by atoms with Gasteiger partial charge in [0.15, 0.2) is 6.79 Å². The zero-order valence-electron chi connectivity index (χ0n) is 29.7. The van der Waals surface area contributed by atoms with Gasteiger partial charge in [0, 0.05) is 6.08 Å². The third-order valence-corrected chi connectivity index (χ3v) is 14.6. The molecule has 0 unspecified atom stereocenters. The zero-order chi connectivity index (χ0) is 34.6. The molecule has 0 bridgehead atoms. The molecule has 0 saturated heterocycles. The van der Waals surface area contributed by atoms with E-state index in [0.717, 1.165) is 38.5 Å². The SMILES string of the molecule is C[C@H](C/C=C/C(=O)OC1(C)CCCC1)C[C@@H](C)[C@H](CO[Si](c1ccccc1)(c1ccccc1)C(C)(C)C)OCOC(=O)c1ccccc1. The standard InChI is InChI=1S/C41H54O6Si/c1-32(19-18-26-38(42)47-41(6)27-16-17-28-41)29-33(2)37(44-31-45-39(43)34-20-10-7-11-21-34)30-46-48(40(3,4)5,35-22-12-8-13-23-35)36-24-14-9-15-25-36/h7-15,18,20-26,32-33,37H,16-17,19,27-31H2,1-6H3/b26-18+/t32-,33-,37+/m1/s1. The van der Waals surface area contributed by atoms with Crippen molar-refractivity contribution in [2.45, 2.75) is 96.8 Å². The van der Waals surface area contributed by atoms with Gasteiger partial charge in [-0.3, -0.25) is 0 Å². The van der Waals surface area contributed by atoms with Crippen molar-refractivity contribution >= 4 is 30.6 Å². The molecule has 1 saturated carbocycles. The lowest BCUT2D eigenvalue weighted by Gasteiger charge is -2.44. The number of hydrogen-bond donors (Lipinski definition) is 0. The van der Waals surface area contributed by atoms with Crippen LogP contribution >= 0.6 is 0 Å². The molecule has 1 aliphatic carbocycles. The molecule has 3 aromatic carbocycles. The largest absolute Gasteiger partial charge is 0.456 e. The first-order chi connectivity index (χ1) is 22.9.